The number of hydrogen-bond donors (Lipinski definition) is 2. The van der Waals surface area contributed by atoms with Gasteiger partial charge in [0.25, 0.3) is 0 Å². The van der Waals surface area contributed by atoms with E-state index in [0.29, 0.717) is 24.6 Å². The van der Waals surface area contributed by atoms with Crippen LogP contribution in [-0.2, 0) is 12.8 Å². The predicted octanol–water partition coefficient (Wildman–Crippen LogP) is 1.65. The van der Waals surface area contributed by atoms with Crippen LogP contribution in [0.15, 0.2) is 28.8 Å². The monoisotopic (exact) mass is 247 g/mol. The van der Waals surface area contributed by atoms with E-state index < -0.39 is 0 Å². The fourth-order valence-corrected chi connectivity index (χ4v) is 1.61. The number of aromatic nitrogens is 2. The second-order valence-corrected chi connectivity index (χ2v) is 4.46. The van der Waals surface area contributed by atoms with E-state index in [1.165, 1.54) is 0 Å². The zero-order valence-electron chi connectivity index (χ0n) is 10.3. The third-order valence-electron chi connectivity index (χ3n) is 2.62. The van der Waals surface area contributed by atoms with Crippen molar-refractivity contribution in [2.24, 2.45) is 5.73 Å². The molecular formula is C13H17N3O2. The van der Waals surface area contributed by atoms with Gasteiger partial charge >= 0.3 is 0 Å². The highest BCUT2D eigenvalue weighted by atomic mass is 16.5. The molecule has 0 radical (unpaired) electrons. The van der Waals surface area contributed by atoms with Crippen LogP contribution < -0.4 is 5.73 Å². The molecule has 96 valence electrons. The Morgan fingerprint density at radius 1 is 1.33 bits per heavy atom. The van der Waals surface area contributed by atoms with Gasteiger partial charge in [0.15, 0.2) is 5.82 Å². The summed E-state index contributed by atoms with van der Waals surface area (Å²) in [6.07, 6.45) is 2.14. The molecule has 1 heterocycles. The molecule has 0 aliphatic rings. The Hall–Kier alpha value is -1.88. The van der Waals surface area contributed by atoms with Gasteiger partial charge in [-0.1, -0.05) is 17.3 Å². The minimum atomic E-state index is 0.137. The maximum absolute atomic E-state index is 9.19. The van der Waals surface area contributed by atoms with E-state index in [9.17, 15) is 5.11 Å². The lowest BCUT2D eigenvalue weighted by molar-refractivity contribution is 0.368. The molecule has 3 N–H and O–H groups in total. The highest BCUT2D eigenvalue weighted by Crippen LogP contribution is 2.12. The predicted molar refractivity (Wildman–Crippen MR) is 67.2 cm³/mol. The Morgan fingerprint density at radius 2 is 2.06 bits per heavy atom. The molecule has 1 atom stereocenters. The number of phenols is 1. The molecule has 1 unspecified atom stereocenters. The summed E-state index contributed by atoms with van der Waals surface area (Å²) in [4.78, 5) is 4.30. The van der Waals surface area contributed by atoms with Gasteiger partial charge in [0, 0.05) is 18.9 Å². The van der Waals surface area contributed by atoms with Crippen LogP contribution in [0.1, 0.15) is 30.6 Å². The second kappa shape index (κ2) is 5.64. The molecule has 0 saturated carbocycles. The summed E-state index contributed by atoms with van der Waals surface area (Å²) in [6, 6.07) is 7.11. The van der Waals surface area contributed by atoms with Gasteiger partial charge in [-0.25, -0.2) is 0 Å². The van der Waals surface area contributed by atoms with Gasteiger partial charge in [-0.15, -0.1) is 0 Å². The number of benzene rings is 1. The lowest BCUT2D eigenvalue weighted by atomic mass is 10.1. The summed E-state index contributed by atoms with van der Waals surface area (Å²) >= 11 is 0. The van der Waals surface area contributed by atoms with Crippen LogP contribution in [0, 0.1) is 0 Å². The SMILES string of the molecule is CC(N)CCc1nc(Cc2ccc(O)cc2)no1. The fraction of sp³-hybridized carbons (Fsp3) is 0.385. The van der Waals surface area contributed by atoms with Crippen molar-refractivity contribution in [2.45, 2.75) is 32.2 Å². The first-order chi connectivity index (χ1) is 8.63. The number of phenolic OH excluding ortho intramolecular Hbond substituents is 1. The van der Waals surface area contributed by atoms with E-state index in [2.05, 4.69) is 10.1 Å². The van der Waals surface area contributed by atoms with Crippen molar-refractivity contribution >= 4 is 0 Å². The van der Waals surface area contributed by atoms with Gasteiger partial charge in [0.2, 0.25) is 5.89 Å². The Morgan fingerprint density at radius 3 is 2.72 bits per heavy atom. The zero-order valence-corrected chi connectivity index (χ0v) is 10.3. The van der Waals surface area contributed by atoms with Gasteiger partial charge < -0.3 is 15.4 Å². The molecule has 1 aromatic heterocycles. The molecule has 0 aliphatic heterocycles. The largest absolute Gasteiger partial charge is 0.508 e. The van der Waals surface area contributed by atoms with Crippen molar-refractivity contribution in [2.75, 3.05) is 0 Å². The summed E-state index contributed by atoms with van der Waals surface area (Å²) in [7, 11) is 0. The van der Waals surface area contributed by atoms with Crippen LogP contribution in [0.5, 0.6) is 5.75 Å². The van der Waals surface area contributed by atoms with E-state index in [4.69, 9.17) is 10.3 Å². The van der Waals surface area contributed by atoms with E-state index in [-0.39, 0.29) is 11.8 Å². The van der Waals surface area contributed by atoms with Crippen LogP contribution in [-0.4, -0.2) is 21.3 Å². The molecule has 5 heteroatoms. The number of hydrogen-bond acceptors (Lipinski definition) is 5. The average molecular weight is 247 g/mol. The summed E-state index contributed by atoms with van der Waals surface area (Å²) < 4.78 is 5.14. The first-order valence-corrected chi connectivity index (χ1v) is 5.98. The first kappa shape index (κ1) is 12.6. The van der Waals surface area contributed by atoms with Gasteiger partial charge in [-0.2, -0.15) is 4.98 Å². The minimum Gasteiger partial charge on any atom is -0.508 e. The molecule has 0 bridgehead atoms. The third kappa shape index (κ3) is 3.56. The minimum absolute atomic E-state index is 0.137. The Bertz CT molecular complexity index is 491. The van der Waals surface area contributed by atoms with E-state index in [0.717, 1.165) is 12.0 Å². The quantitative estimate of drug-likeness (QED) is 0.839. The first-order valence-electron chi connectivity index (χ1n) is 5.98. The lowest BCUT2D eigenvalue weighted by Crippen LogP contribution is -2.15. The molecule has 0 fully saturated rings. The number of aromatic hydroxyl groups is 1. The Balaban J connectivity index is 1.95. The highest BCUT2D eigenvalue weighted by molar-refractivity contribution is 5.27. The molecule has 0 spiro atoms. The van der Waals surface area contributed by atoms with Crippen molar-refractivity contribution in [3.63, 3.8) is 0 Å². The Kier molecular flexibility index (Phi) is 3.94. The number of nitrogens with two attached hydrogens (primary N) is 1. The number of aryl methyl sites for hydroxylation is 1. The van der Waals surface area contributed by atoms with Crippen LogP contribution in [0.25, 0.3) is 0 Å². The van der Waals surface area contributed by atoms with Gasteiger partial charge in [-0.3, -0.25) is 0 Å². The van der Waals surface area contributed by atoms with Crippen molar-refractivity contribution < 1.29 is 9.63 Å². The third-order valence-corrected chi connectivity index (χ3v) is 2.62. The van der Waals surface area contributed by atoms with Crippen LogP contribution in [0.4, 0.5) is 0 Å². The number of nitrogens with zero attached hydrogens (tertiary/aromatic N) is 2. The van der Waals surface area contributed by atoms with Crippen molar-refractivity contribution in [1.29, 1.82) is 0 Å². The maximum Gasteiger partial charge on any atom is 0.226 e. The Labute approximate surface area is 106 Å². The molecule has 2 rings (SSSR count). The van der Waals surface area contributed by atoms with Gasteiger partial charge in [0.1, 0.15) is 5.75 Å². The van der Waals surface area contributed by atoms with Gasteiger partial charge in [0.05, 0.1) is 0 Å². The normalized spacial score (nSPS) is 12.6. The standard InChI is InChI=1S/C13H17N3O2/c1-9(14)2-7-13-15-12(16-18-13)8-10-3-5-11(17)6-4-10/h3-6,9,17H,2,7-8,14H2,1H3. The van der Waals surface area contributed by atoms with E-state index >= 15 is 0 Å². The van der Waals surface area contributed by atoms with Crippen molar-refractivity contribution in [1.82, 2.24) is 10.1 Å². The average Bonchev–Trinajstić information content (AvgIpc) is 2.77. The molecular weight excluding hydrogens is 230 g/mol. The second-order valence-electron chi connectivity index (χ2n) is 4.46. The van der Waals surface area contributed by atoms with Gasteiger partial charge in [-0.05, 0) is 31.0 Å². The molecule has 5 nitrogen and oxygen atoms in total. The lowest BCUT2D eigenvalue weighted by Gasteiger charge is -1.99. The highest BCUT2D eigenvalue weighted by Gasteiger charge is 2.08. The summed E-state index contributed by atoms with van der Waals surface area (Å²) in [5.41, 5.74) is 6.71. The molecule has 1 aromatic carbocycles. The summed E-state index contributed by atoms with van der Waals surface area (Å²) in [6.45, 7) is 1.95. The molecule has 2 aromatic rings. The fourth-order valence-electron chi connectivity index (χ4n) is 1.61. The molecule has 18 heavy (non-hydrogen) atoms. The molecule has 0 aliphatic carbocycles. The van der Waals surface area contributed by atoms with Crippen LogP contribution in [0.3, 0.4) is 0 Å². The van der Waals surface area contributed by atoms with Crippen LogP contribution in [0.2, 0.25) is 0 Å². The maximum atomic E-state index is 9.19. The van der Waals surface area contributed by atoms with E-state index in [1.807, 2.05) is 19.1 Å². The topological polar surface area (TPSA) is 85.2 Å². The smallest absolute Gasteiger partial charge is 0.226 e. The molecule has 0 amide bonds. The zero-order chi connectivity index (χ0) is 13.0. The summed E-state index contributed by atoms with van der Waals surface area (Å²) in [5.74, 6) is 1.53. The number of rotatable bonds is 5. The summed E-state index contributed by atoms with van der Waals surface area (Å²) in [5, 5.41) is 13.1. The van der Waals surface area contributed by atoms with Crippen molar-refractivity contribution in [3.05, 3.63) is 41.5 Å². The van der Waals surface area contributed by atoms with E-state index in [1.54, 1.807) is 12.1 Å². The molecule has 0 saturated heterocycles. The van der Waals surface area contributed by atoms with Crippen LogP contribution >= 0.6 is 0 Å². The van der Waals surface area contributed by atoms with Crippen molar-refractivity contribution in [3.8, 4) is 5.75 Å².